The molecule has 1 saturated heterocycles. The van der Waals surface area contributed by atoms with Gasteiger partial charge in [-0.15, -0.1) is 0 Å². The van der Waals surface area contributed by atoms with Gasteiger partial charge in [0.05, 0.1) is 46.2 Å². The second-order valence-corrected chi connectivity index (χ2v) is 11.2. The van der Waals surface area contributed by atoms with Crippen LogP contribution in [0.1, 0.15) is 42.1 Å². The molecule has 9 heteroatoms. The molecule has 1 amide bonds. The molecule has 1 aromatic heterocycles. The van der Waals surface area contributed by atoms with Crippen molar-refractivity contribution in [3.8, 4) is 6.07 Å². The molecule has 0 unspecified atom stereocenters. The van der Waals surface area contributed by atoms with E-state index in [1.165, 1.54) is 4.31 Å². The molecule has 2 heterocycles. The lowest BCUT2D eigenvalue weighted by Gasteiger charge is -2.35. The van der Waals surface area contributed by atoms with Gasteiger partial charge in [0.2, 0.25) is 15.9 Å². The summed E-state index contributed by atoms with van der Waals surface area (Å²) < 4.78 is 27.8. The van der Waals surface area contributed by atoms with E-state index in [4.69, 9.17) is 5.26 Å². The molecule has 0 radical (unpaired) electrons. The maximum absolute atomic E-state index is 13.4. The number of sulfonamides is 1. The number of aryl methyl sites for hydroxylation is 1. The van der Waals surface area contributed by atoms with Crippen LogP contribution in [0.4, 0.5) is 0 Å². The summed E-state index contributed by atoms with van der Waals surface area (Å²) in [6.45, 7) is 4.35. The standard InChI is InChI=1S/C26H29N5O3S/c1-19-5-11-23(12-6-19)35(33,34)31-13-3-4-22(17-31)25(32)30-26(2,24-16-28-18-29-24)14-20-7-9-21(15-27)10-8-20/h5-12,16,18,22H,3-4,13-14,17H2,1-2H3,(H,28,29)(H,30,32)/t22-,26+/m1/s1. The predicted molar refractivity (Wildman–Crippen MR) is 132 cm³/mol. The molecule has 0 spiro atoms. The first-order valence-corrected chi connectivity index (χ1v) is 13.0. The van der Waals surface area contributed by atoms with Crippen LogP contribution in [0.2, 0.25) is 0 Å². The van der Waals surface area contributed by atoms with Crippen LogP contribution in [0.5, 0.6) is 0 Å². The number of piperidine rings is 1. The van der Waals surface area contributed by atoms with Gasteiger partial charge in [0.15, 0.2) is 0 Å². The summed E-state index contributed by atoms with van der Waals surface area (Å²) in [6.07, 6.45) is 4.94. The number of hydrogen-bond acceptors (Lipinski definition) is 5. The number of rotatable bonds is 7. The zero-order valence-corrected chi connectivity index (χ0v) is 20.7. The number of H-pyrrole nitrogens is 1. The van der Waals surface area contributed by atoms with Crippen LogP contribution in [0.3, 0.4) is 0 Å². The monoisotopic (exact) mass is 491 g/mol. The minimum atomic E-state index is -3.68. The van der Waals surface area contributed by atoms with Crippen molar-refractivity contribution in [3.05, 3.63) is 83.4 Å². The van der Waals surface area contributed by atoms with Crippen LogP contribution < -0.4 is 5.32 Å². The average Bonchev–Trinajstić information content (AvgIpc) is 3.41. The van der Waals surface area contributed by atoms with Gasteiger partial charge in [-0.25, -0.2) is 13.4 Å². The summed E-state index contributed by atoms with van der Waals surface area (Å²) in [7, 11) is -3.68. The number of hydrogen-bond donors (Lipinski definition) is 2. The molecule has 4 rings (SSSR count). The van der Waals surface area contributed by atoms with Gasteiger partial charge in [0.25, 0.3) is 0 Å². The zero-order chi connectivity index (χ0) is 25.1. The number of nitrogens with one attached hydrogen (secondary N) is 2. The normalized spacial score (nSPS) is 18.4. The van der Waals surface area contributed by atoms with Crippen molar-refractivity contribution in [2.45, 2.75) is 43.5 Å². The number of amides is 1. The number of aromatic nitrogens is 2. The minimum Gasteiger partial charge on any atom is -0.347 e. The quantitative estimate of drug-likeness (QED) is 0.526. The Balaban J connectivity index is 1.52. The summed E-state index contributed by atoms with van der Waals surface area (Å²) in [5, 5.41) is 12.2. The van der Waals surface area contributed by atoms with E-state index in [1.807, 2.05) is 26.0 Å². The number of nitrogens with zero attached hydrogens (tertiary/aromatic N) is 3. The zero-order valence-electron chi connectivity index (χ0n) is 19.9. The highest BCUT2D eigenvalue weighted by Crippen LogP contribution is 2.28. The second kappa shape index (κ2) is 10.0. The van der Waals surface area contributed by atoms with Crippen molar-refractivity contribution in [1.29, 1.82) is 5.26 Å². The molecule has 182 valence electrons. The van der Waals surface area contributed by atoms with Crippen molar-refractivity contribution in [2.24, 2.45) is 5.92 Å². The Morgan fingerprint density at radius 2 is 1.94 bits per heavy atom. The smallest absolute Gasteiger partial charge is 0.243 e. The van der Waals surface area contributed by atoms with Crippen LogP contribution >= 0.6 is 0 Å². The summed E-state index contributed by atoms with van der Waals surface area (Å²) in [5.41, 5.74) is 2.46. The molecular weight excluding hydrogens is 462 g/mol. The average molecular weight is 492 g/mol. The molecule has 8 nitrogen and oxygen atoms in total. The van der Waals surface area contributed by atoms with Crippen molar-refractivity contribution >= 4 is 15.9 Å². The highest BCUT2D eigenvalue weighted by molar-refractivity contribution is 7.89. The Morgan fingerprint density at radius 1 is 1.23 bits per heavy atom. The molecule has 2 atom stereocenters. The fourth-order valence-electron chi connectivity index (χ4n) is 4.48. The van der Waals surface area contributed by atoms with E-state index in [0.29, 0.717) is 31.4 Å². The van der Waals surface area contributed by atoms with E-state index in [2.05, 4.69) is 21.4 Å². The number of imidazole rings is 1. The Kier molecular flexibility index (Phi) is 7.05. The van der Waals surface area contributed by atoms with Gasteiger partial charge in [-0.1, -0.05) is 29.8 Å². The highest BCUT2D eigenvalue weighted by Gasteiger charge is 2.37. The van der Waals surface area contributed by atoms with Gasteiger partial charge in [-0.2, -0.15) is 9.57 Å². The molecule has 0 aliphatic carbocycles. The Hall–Kier alpha value is -3.48. The lowest BCUT2D eigenvalue weighted by Crippen LogP contribution is -2.51. The summed E-state index contributed by atoms with van der Waals surface area (Å²) in [5.74, 6) is -0.660. The fraction of sp³-hybridized carbons (Fsp3) is 0.346. The van der Waals surface area contributed by atoms with Crippen LogP contribution in [-0.2, 0) is 26.8 Å². The van der Waals surface area contributed by atoms with Gasteiger partial charge in [0.1, 0.15) is 0 Å². The van der Waals surface area contributed by atoms with Gasteiger partial charge in [-0.3, -0.25) is 4.79 Å². The largest absolute Gasteiger partial charge is 0.347 e. The van der Waals surface area contributed by atoms with Gasteiger partial charge in [-0.05, 0) is 56.5 Å². The molecule has 1 aliphatic rings. The van der Waals surface area contributed by atoms with E-state index in [9.17, 15) is 13.2 Å². The van der Waals surface area contributed by atoms with Crippen molar-refractivity contribution < 1.29 is 13.2 Å². The predicted octanol–water partition coefficient (Wildman–Crippen LogP) is 3.26. The number of carbonyl (C=O) groups is 1. The maximum atomic E-state index is 13.4. The Labute approximate surface area is 206 Å². The molecule has 0 bridgehead atoms. The van der Waals surface area contributed by atoms with Crippen molar-refractivity contribution in [3.63, 3.8) is 0 Å². The lowest BCUT2D eigenvalue weighted by atomic mass is 9.88. The summed E-state index contributed by atoms with van der Waals surface area (Å²) >= 11 is 0. The SMILES string of the molecule is Cc1ccc(S(=O)(=O)N2CCC[C@@H](C(=O)N[C@@](C)(Cc3ccc(C#N)cc3)c3cnc[nH]3)C2)cc1. The maximum Gasteiger partial charge on any atom is 0.243 e. The summed E-state index contributed by atoms with van der Waals surface area (Å²) in [6, 6.07) is 16.1. The molecule has 2 N–H and O–H groups in total. The Morgan fingerprint density at radius 3 is 2.57 bits per heavy atom. The fourth-order valence-corrected chi connectivity index (χ4v) is 6.00. The van der Waals surface area contributed by atoms with Crippen LogP contribution in [0.15, 0.2) is 66.0 Å². The first-order chi connectivity index (χ1) is 16.7. The molecule has 0 saturated carbocycles. The summed E-state index contributed by atoms with van der Waals surface area (Å²) in [4.78, 5) is 20.9. The molecule has 1 fully saturated rings. The van der Waals surface area contributed by atoms with Crippen LogP contribution in [-0.4, -0.2) is 41.7 Å². The number of carbonyl (C=O) groups excluding carboxylic acids is 1. The van der Waals surface area contributed by atoms with Crippen molar-refractivity contribution in [2.75, 3.05) is 13.1 Å². The minimum absolute atomic E-state index is 0.137. The first kappa shape index (κ1) is 24.6. The van der Waals surface area contributed by atoms with Crippen molar-refractivity contribution in [1.82, 2.24) is 19.6 Å². The van der Waals surface area contributed by atoms with E-state index in [-0.39, 0.29) is 17.3 Å². The number of benzene rings is 2. The molecular formula is C26H29N5O3S. The molecule has 3 aromatic rings. The highest BCUT2D eigenvalue weighted by atomic mass is 32.2. The van der Waals surface area contributed by atoms with E-state index in [1.54, 1.807) is 48.9 Å². The van der Waals surface area contributed by atoms with Gasteiger partial charge >= 0.3 is 0 Å². The molecule has 1 aliphatic heterocycles. The van der Waals surface area contributed by atoms with E-state index < -0.39 is 21.5 Å². The first-order valence-electron chi connectivity index (χ1n) is 11.6. The van der Waals surface area contributed by atoms with Crippen LogP contribution in [0.25, 0.3) is 0 Å². The van der Waals surface area contributed by atoms with Crippen LogP contribution in [0, 0.1) is 24.2 Å². The third-order valence-corrected chi connectivity index (χ3v) is 8.43. The number of nitriles is 1. The lowest BCUT2D eigenvalue weighted by molar-refractivity contribution is -0.128. The third kappa shape index (κ3) is 5.45. The third-order valence-electron chi connectivity index (χ3n) is 6.55. The topological polar surface area (TPSA) is 119 Å². The van der Waals surface area contributed by atoms with Gasteiger partial charge in [0, 0.05) is 19.5 Å². The van der Waals surface area contributed by atoms with E-state index in [0.717, 1.165) is 16.8 Å². The second-order valence-electron chi connectivity index (χ2n) is 9.29. The van der Waals surface area contributed by atoms with E-state index >= 15 is 0 Å². The van der Waals surface area contributed by atoms with Gasteiger partial charge < -0.3 is 10.3 Å². The number of aromatic amines is 1. The molecule has 35 heavy (non-hydrogen) atoms. The Bertz CT molecular complexity index is 1310. The molecule has 2 aromatic carbocycles.